The number of hydrogen-bond acceptors (Lipinski definition) is 2. The molecule has 16 heavy (non-hydrogen) atoms. The number of ether oxygens (including phenoxy) is 1. The van der Waals surface area contributed by atoms with E-state index >= 15 is 0 Å². The van der Waals surface area contributed by atoms with Crippen LogP contribution in [0.4, 0.5) is 0 Å². The van der Waals surface area contributed by atoms with Crippen LogP contribution in [-0.4, -0.2) is 13.2 Å². The van der Waals surface area contributed by atoms with Crippen LogP contribution in [0, 0.1) is 0 Å². The molecule has 0 aromatic heterocycles. The number of fused-ring (bicyclic) bond motifs is 1. The molecule has 1 aliphatic carbocycles. The summed E-state index contributed by atoms with van der Waals surface area (Å²) in [7, 11) is 0. The van der Waals surface area contributed by atoms with Gasteiger partial charge in [0.25, 0.3) is 0 Å². The number of rotatable bonds is 6. The third kappa shape index (κ3) is 2.64. The fourth-order valence-electron chi connectivity index (χ4n) is 1.88. The molecule has 2 heteroatoms. The molecule has 86 valence electrons. The highest BCUT2D eigenvalue weighted by atomic mass is 16.5. The second-order valence-corrected chi connectivity index (χ2v) is 3.97. The van der Waals surface area contributed by atoms with Gasteiger partial charge in [0.1, 0.15) is 5.76 Å². The Labute approximate surface area is 96.6 Å². The van der Waals surface area contributed by atoms with Crippen LogP contribution < -0.4 is 0 Å². The van der Waals surface area contributed by atoms with Crippen molar-refractivity contribution in [2.45, 2.75) is 26.2 Å². The van der Waals surface area contributed by atoms with Gasteiger partial charge < -0.3 is 9.15 Å². The Bertz CT molecular complexity index is 392. The Morgan fingerprint density at radius 3 is 3.00 bits per heavy atom. The molecule has 0 saturated carbocycles. The largest absolute Gasteiger partial charge is 0.464 e. The monoisotopic (exact) mass is 218 g/mol. The first-order chi connectivity index (χ1) is 7.92. The molecule has 0 aromatic rings. The quantitative estimate of drug-likeness (QED) is 0.689. The molecule has 1 aliphatic heterocycles. The molecule has 0 radical (unpaired) electrons. The van der Waals surface area contributed by atoms with Crippen LogP contribution in [0.2, 0.25) is 0 Å². The number of hydrogen-bond donors (Lipinski definition) is 0. The molecule has 1 heterocycles. The van der Waals surface area contributed by atoms with Gasteiger partial charge in [-0.15, -0.1) is 0 Å². The van der Waals surface area contributed by atoms with Gasteiger partial charge >= 0.3 is 0 Å². The lowest BCUT2D eigenvalue weighted by atomic mass is 10.1. The van der Waals surface area contributed by atoms with Crippen molar-refractivity contribution in [1.29, 1.82) is 0 Å². The van der Waals surface area contributed by atoms with E-state index in [0.717, 1.165) is 38.2 Å². The average Bonchev–Trinajstić information content (AvgIpc) is 2.73. The summed E-state index contributed by atoms with van der Waals surface area (Å²) in [6, 6.07) is 8.24. The maximum atomic E-state index is 5.47. The molecule has 0 amide bonds. The van der Waals surface area contributed by atoms with Crippen LogP contribution in [0.25, 0.3) is 11.3 Å². The third-order valence-electron chi connectivity index (χ3n) is 2.67. The van der Waals surface area contributed by atoms with E-state index in [-0.39, 0.29) is 0 Å². The molecule has 2 aliphatic rings. The first-order valence-corrected chi connectivity index (χ1v) is 5.94. The molecule has 0 aromatic carbocycles. The third-order valence-corrected chi connectivity index (χ3v) is 2.67. The van der Waals surface area contributed by atoms with Crippen molar-refractivity contribution in [3.8, 4) is 11.3 Å². The molecule has 0 bridgehead atoms. The van der Waals surface area contributed by atoms with E-state index in [1.807, 2.05) is 12.1 Å². The summed E-state index contributed by atoms with van der Waals surface area (Å²) < 4.78 is 10.9. The minimum absolute atomic E-state index is 0.852. The highest BCUT2D eigenvalue weighted by Gasteiger charge is 2.09. The van der Waals surface area contributed by atoms with Gasteiger partial charge in [-0.3, -0.25) is 0 Å². The summed E-state index contributed by atoms with van der Waals surface area (Å²) in [5, 5.41) is 0. The van der Waals surface area contributed by atoms with Crippen molar-refractivity contribution in [3.05, 3.63) is 36.1 Å². The van der Waals surface area contributed by atoms with Gasteiger partial charge in [-0.2, -0.15) is 0 Å². The Balaban J connectivity index is 1.86. The second kappa shape index (κ2) is 5.71. The summed E-state index contributed by atoms with van der Waals surface area (Å²) in [5.41, 5.74) is 2.59. The lowest BCUT2D eigenvalue weighted by molar-refractivity contribution is 0.132. The van der Waals surface area contributed by atoms with E-state index in [2.05, 4.69) is 19.1 Å². The summed E-state index contributed by atoms with van der Waals surface area (Å²) >= 11 is 0. The zero-order chi connectivity index (χ0) is 11.2. The normalized spacial score (nSPS) is 11.1. The van der Waals surface area contributed by atoms with Crippen LogP contribution in [0.1, 0.15) is 25.3 Å². The smallest absolute Gasteiger partial charge is 0.134 e. The molecular weight excluding hydrogens is 200 g/mol. The van der Waals surface area contributed by atoms with Gasteiger partial charge in [-0.05, 0) is 43.0 Å². The fourth-order valence-corrected chi connectivity index (χ4v) is 1.88. The van der Waals surface area contributed by atoms with Gasteiger partial charge in [-0.25, -0.2) is 0 Å². The van der Waals surface area contributed by atoms with Gasteiger partial charge in [0, 0.05) is 18.8 Å². The lowest BCUT2D eigenvalue weighted by Gasteiger charge is -2.04. The van der Waals surface area contributed by atoms with Gasteiger partial charge in [0.2, 0.25) is 0 Å². The van der Waals surface area contributed by atoms with Crippen LogP contribution in [0.5, 0.6) is 0 Å². The molecule has 0 fully saturated rings. The Kier molecular flexibility index (Phi) is 4.00. The Hall–Kier alpha value is -1.28. The van der Waals surface area contributed by atoms with Gasteiger partial charge in [0.15, 0.2) is 0 Å². The molecule has 0 atom stereocenters. The topological polar surface area (TPSA) is 22.4 Å². The van der Waals surface area contributed by atoms with Crippen molar-refractivity contribution in [2.24, 2.45) is 0 Å². The molecule has 0 spiro atoms. The first-order valence-electron chi connectivity index (χ1n) is 5.94. The Morgan fingerprint density at radius 2 is 2.12 bits per heavy atom. The van der Waals surface area contributed by atoms with E-state index in [1.165, 1.54) is 11.1 Å². The van der Waals surface area contributed by atoms with E-state index in [4.69, 9.17) is 9.15 Å². The van der Waals surface area contributed by atoms with Crippen molar-refractivity contribution < 1.29 is 9.15 Å². The standard InChI is InChI=1S/C14H18O2/c1-2-9-15-10-3-5-12-7-8-14-13(12)6-4-11-16-14/h4,6-8,11H,2-3,5,9-10H2,1H3. The van der Waals surface area contributed by atoms with Crippen LogP contribution in [-0.2, 0) is 11.2 Å². The van der Waals surface area contributed by atoms with E-state index in [9.17, 15) is 0 Å². The van der Waals surface area contributed by atoms with Gasteiger partial charge in [0.05, 0.1) is 6.26 Å². The molecule has 0 unspecified atom stereocenters. The van der Waals surface area contributed by atoms with Crippen molar-refractivity contribution in [2.75, 3.05) is 13.2 Å². The summed E-state index contributed by atoms with van der Waals surface area (Å²) in [6.07, 6.45) is 4.95. The lowest BCUT2D eigenvalue weighted by Crippen LogP contribution is -1.97. The SMILES string of the molecule is CCCOCCCc1ccc2occcc1-2. The van der Waals surface area contributed by atoms with Crippen LogP contribution >= 0.6 is 0 Å². The summed E-state index contributed by atoms with van der Waals surface area (Å²) in [4.78, 5) is 0. The fraction of sp³-hybridized carbons (Fsp3) is 0.429. The molecule has 2 nitrogen and oxygen atoms in total. The summed E-state index contributed by atoms with van der Waals surface area (Å²) in [5.74, 6) is 0.979. The summed E-state index contributed by atoms with van der Waals surface area (Å²) in [6.45, 7) is 3.85. The minimum atomic E-state index is 0.852. The number of aryl methyl sites for hydroxylation is 1. The van der Waals surface area contributed by atoms with Gasteiger partial charge in [-0.1, -0.05) is 13.0 Å². The second-order valence-electron chi connectivity index (χ2n) is 3.97. The first kappa shape index (κ1) is 11.2. The molecular formula is C14H18O2. The van der Waals surface area contributed by atoms with Crippen molar-refractivity contribution in [3.63, 3.8) is 0 Å². The zero-order valence-electron chi connectivity index (χ0n) is 9.74. The predicted octanol–water partition coefficient (Wildman–Crippen LogP) is 3.74. The van der Waals surface area contributed by atoms with E-state index < -0.39 is 0 Å². The average molecular weight is 218 g/mol. The van der Waals surface area contributed by atoms with E-state index in [0.29, 0.717) is 0 Å². The molecule has 0 N–H and O–H groups in total. The van der Waals surface area contributed by atoms with E-state index in [1.54, 1.807) is 6.26 Å². The Morgan fingerprint density at radius 1 is 1.19 bits per heavy atom. The maximum Gasteiger partial charge on any atom is 0.134 e. The zero-order valence-corrected chi connectivity index (χ0v) is 9.74. The van der Waals surface area contributed by atoms with Crippen molar-refractivity contribution in [1.82, 2.24) is 0 Å². The minimum Gasteiger partial charge on any atom is -0.464 e. The molecule has 2 rings (SSSR count). The van der Waals surface area contributed by atoms with Crippen LogP contribution in [0.15, 0.2) is 34.9 Å². The molecule has 0 saturated heterocycles. The van der Waals surface area contributed by atoms with Crippen LogP contribution in [0.3, 0.4) is 0 Å². The maximum absolute atomic E-state index is 5.47. The van der Waals surface area contributed by atoms with Crippen molar-refractivity contribution >= 4 is 0 Å². The highest BCUT2D eigenvalue weighted by Crippen LogP contribution is 2.28. The highest BCUT2D eigenvalue weighted by molar-refractivity contribution is 5.65. The predicted molar refractivity (Wildman–Crippen MR) is 64.8 cm³/mol.